The summed E-state index contributed by atoms with van der Waals surface area (Å²) in [6.07, 6.45) is 0. The van der Waals surface area contributed by atoms with E-state index in [0.717, 1.165) is 12.1 Å². The Morgan fingerprint density at radius 1 is 1.31 bits per heavy atom. The minimum atomic E-state index is -1.32. The summed E-state index contributed by atoms with van der Waals surface area (Å²) in [6, 6.07) is 1.41. The van der Waals surface area contributed by atoms with Gasteiger partial charge in [-0.3, -0.25) is 0 Å². The van der Waals surface area contributed by atoms with Crippen LogP contribution in [0, 0.1) is 17.5 Å². The first kappa shape index (κ1) is 10.8. The molecule has 3 nitrogen and oxygen atoms in total. The third-order valence-electron chi connectivity index (χ3n) is 2.44. The first-order valence-corrected chi connectivity index (χ1v) is 4.56. The number of hydrogen-bond donors (Lipinski definition) is 1. The molecule has 6 heteroatoms. The molecule has 86 valence electrons. The van der Waals surface area contributed by atoms with Crippen LogP contribution in [0.1, 0.15) is 12.5 Å². The molecule has 0 aromatic heterocycles. The number of amidine groups is 1. The van der Waals surface area contributed by atoms with E-state index < -0.39 is 28.6 Å². The summed E-state index contributed by atoms with van der Waals surface area (Å²) in [5.74, 6) is -3.26. The van der Waals surface area contributed by atoms with E-state index in [9.17, 15) is 13.2 Å². The molecule has 2 N–H and O–H groups in total. The molecule has 1 atom stereocenters. The molecule has 1 aromatic rings. The zero-order chi connectivity index (χ0) is 11.9. The van der Waals surface area contributed by atoms with Gasteiger partial charge in [-0.05, 0) is 19.1 Å². The lowest BCUT2D eigenvalue weighted by atomic mass is 9.93. The molecule has 0 saturated heterocycles. The van der Waals surface area contributed by atoms with Gasteiger partial charge in [-0.25, -0.2) is 18.2 Å². The van der Waals surface area contributed by atoms with Crippen molar-refractivity contribution in [2.75, 3.05) is 6.61 Å². The van der Waals surface area contributed by atoms with Crippen molar-refractivity contribution < 1.29 is 17.9 Å². The number of benzene rings is 1. The molecule has 1 aliphatic rings. The Morgan fingerprint density at radius 3 is 2.50 bits per heavy atom. The van der Waals surface area contributed by atoms with Crippen LogP contribution in [0.4, 0.5) is 13.2 Å². The van der Waals surface area contributed by atoms with Gasteiger partial charge >= 0.3 is 0 Å². The van der Waals surface area contributed by atoms with E-state index in [2.05, 4.69) is 4.99 Å². The summed E-state index contributed by atoms with van der Waals surface area (Å²) < 4.78 is 44.9. The van der Waals surface area contributed by atoms with Crippen molar-refractivity contribution >= 4 is 6.02 Å². The fourth-order valence-electron chi connectivity index (χ4n) is 1.67. The quantitative estimate of drug-likeness (QED) is 0.746. The minimum absolute atomic E-state index is 0.115. The molecule has 1 unspecified atom stereocenters. The molecule has 0 bridgehead atoms. The Hall–Kier alpha value is -1.72. The number of nitrogens with zero attached hydrogens (tertiary/aromatic N) is 1. The normalized spacial score (nSPS) is 24.1. The Labute approximate surface area is 89.7 Å². The van der Waals surface area contributed by atoms with Gasteiger partial charge in [0, 0.05) is 0 Å². The van der Waals surface area contributed by atoms with E-state index >= 15 is 0 Å². The zero-order valence-electron chi connectivity index (χ0n) is 8.43. The second kappa shape index (κ2) is 3.40. The van der Waals surface area contributed by atoms with Gasteiger partial charge in [0.1, 0.15) is 18.0 Å². The lowest BCUT2D eigenvalue weighted by Gasteiger charge is -2.20. The predicted molar refractivity (Wildman–Crippen MR) is 51.2 cm³/mol. The maximum atomic E-state index is 13.5. The molecule has 1 aromatic carbocycles. The number of rotatable bonds is 1. The first-order chi connectivity index (χ1) is 7.44. The molecule has 1 aliphatic heterocycles. The van der Waals surface area contributed by atoms with Gasteiger partial charge in [-0.1, -0.05) is 0 Å². The van der Waals surface area contributed by atoms with Crippen LogP contribution in [0.25, 0.3) is 0 Å². The van der Waals surface area contributed by atoms with Crippen molar-refractivity contribution in [1.82, 2.24) is 0 Å². The summed E-state index contributed by atoms with van der Waals surface area (Å²) in [6.45, 7) is 1.31. The molecule has 2 rings (SSSR count). The molecule has 1 heterocycles. The topological polar surface area (TPSA) is 47.6 Å². The van der Waals surface area contributed by atoms with E-state index in [4.69, 9.17) is 10.5 Å². The SMILES string of the molecule is CC1(c2c(F)ccc(F)c2F)COC(N)=N1. The van der Waals surface area contributed by atoms with Crippen LogP contribution in [0.2, 0.25) is 0 Å². The predicted octanol–water partition coefficient (Wildman–Crippen LogP) is 1.66. The van der Waals surface area contributed by atoms with E-state index in [1.807, 2.05) is 0 Å². The number of halogens is 3. The molecule has 0 spiro atoms. The van der Waals surface area contributed by atoms with Crippen LogP contribution < -0.4 is 5.73 Å². The van der Waals surface area contributed by atoms with Gasteiger partial charge in [-0.15, -0.1) is 0 Å². The van der Waals surface area contributed by atoms with Crippen molar-refractivity contribution in [3.05, 3.63) is 35.1 Å². The average Bonchev–Trinajstić information content (AvgIpc) is 2.54. The van der Waals surface area contributed by atoms with Crippen LogP contribution in [0.15, 0.2) is 17.1 Å². The van der Waals surface area contributed by atoms with E-state index in [1.54, 1.807) is 0 Å². The van der Waals surface area contributed by atoms with Crippen molar-refractivity contribution in [2.45, 2.75) is 12.5 Å². The van der Waals surface area contributed by atoms with Crippen LogP contribution in [-0.2, 0) is 10.3 Å². The highest BCUT2D eigenvalue weighted by molar-refractivity contribution is 5.74. The second-order valence-corrected chi connectivity index (χ2v) is 3.73. The van der Waals surface area contributed by atoms with E-state index in [1.165, 1.54) is 6.92 Å². The van der Waals surface area contributed by atoms with Gasteiger partial charge in [-0.2, -0.15) is 0 Å². The van der Waals surface area contributed by atoms with Gasteiger partial charge in [0.05, 0.1) is 5.56 Å². The lowest BCUT2D eigenvalue weighted by molar-refractivity contribution is 0.256. The van der Waals surface area contributed by atoms with Crippen molar-refractivity contribution in [3.63, 3.8) is 0 Å². The Morgan fingerprint density at radius 2 is 1.94 bits per heavy atom. The van der Waals surface area contributed by atoms with Gasteiger partial charge in [0.15, 0.2) is 11.6 Å². The third-order valence-corrected chi connectivity index (χ3v) is 2.44. The number of nitrogens with two attached hydrogens (primary N) is 1. The van der Waals surface area contributed by atoms with Crippen molar-refractivity contribution in [1.29, 1.82) is 0 Å². The smallest absolute Gasteiger partial charge is 0.283 e. The van der Waals surface area contributed by atoms with Crippen LogP contribution in [-0.4, -0.2) is 12.6 Å². The Kier molecular flexibility index (Phi) is 2.29. The van der Waals surface area contributed by atoms with Crippen LogP contribution in [0.3, 0.4) is 0 Å². The van der Waals surface area contributed by atoms with Crippen LogP contribution in [0.5, 0.6) is 0 Å². The maximum Gasteiger partial charge on any atom is 0.283 e. The highest BCUT2D eigenvalue weighted by atomic mass is 19.2. The van der Waals surface area contributed by atoms with Gasteiger partial charge in [0.2, 0.25) is 0 Å². The highest BCUT2D eigenvalue weighted by Gasteiger charge is 2.38. The maximum absolute atomic E-state index is 13.5. The van der Waals surface area contributed by atoms with Crippen molar-refractivity contribution in [2.24, 2.45) is 10.7 Å². The molecule has 16 heavy (non-hydrogen) atoms. The number of aliphatic imine (C=N–C) groups is 1. The summed E-state index contributed by atoms with van der Waals surface area (Å²) in [7, 11) is 0. The summed E-state index contributed by atoms with van der Waals surface area (Å²) >= 11 is 0. The fraction of sp³-hybridized carbons (Fsp3) is 0.300. The average molecular weight is 230 g/mol. The highest BCUT2D eigenvalue weighted by Crippen LogP contribution is 2.34. The molecule has 0 saturated carbocycles. The fourth-order valence-corrected chi connectivity index (χ4v) is 1.67. The minimum Gasteiger partial charge on any atom is -0.462 e. The number of hydrogen-bond acceptors (Lipinski definition) is 3. The third kappa shape index (κ3) is 1.50. The second-order valence-electron chi connectivity index (χ2n) is 3.73. The summed E-state index contributed by atoms with van der Waals surface area (Å²) in [5, 5.41) is 0. The summed E-state index contributed by atoms with van der Waals surface area (Å²) in [5.41, 5.74) is 3.49. The van der Waals surface area contributed by atoms with Crippen molar-refractivity contribution in [3.8, 4) is 0 Å². The van der Waals surface area contributed by atoms with E-state index in [0.29, 0.717) is 0 Å². The lowest BCUT2D eigenvalue weighted by Crippen LogP contribution is -2.24. The summed E-state index contributed by atoms with van der Waals surface area (Å²) in [4.78, 5) is 3.78. The zero-order valence-corrected chi connectivity index (χ0v) is 8.43. The molecular weight excluding hydrogens is 221 g/mol. The number of ether oxygens (including phenoxy) is 1. The Balaban J connectivity index is 2.60. The monoisotopic (exact) mass is 230 g/mol. The molecule has 0 radical (unpaired) electrons. The van der Waals surface area contributed by atoms with Gasteiger partial charge < -0.3 is 10.5 Å². The first-order valence-electron chi connectivity index (χ1n) is 4.56. The largest absolute Gasteiger partial charge is 0.462 e. The Bertz CT molecular complexity index is 475. The van der Waals surface area contributed by atoms with Crippen LogP contribution >= 0.6 is 0 Å². The molecule has 0 aliphatic carbocycles. The molecular formula is C10H9F3N2O. The molecule has 0 fully saturated rings. The standard InChI is InChI=1S/C10H9F3N2O/c1-10(4-16-9(14)15-10)7-5(11)2-3-6(12)8(7)13/h2-3H,4H2,1H3,(H2,14,15). The molecule has 0 amide bonds. The van der Waals surface area contributed by atoms with E-state index in [-0.39, 0.29) is 12.6 Å². The van der Waals surface area contributed by atoms with Gasteiger partial charge in [0.25, 0.3) is 6.02 Å².